The van der Waals surface area contributed by atoms with Gasteiger partial charge < -0.3 is 9.47 Å². The topological polar surface area (TPSA) is 25.2 Å². The Morgan fingerprint density at radius 1 is 0.912 bits per heavy atom. The lowest BCUT2D eigenvalue weighted by molar-refractivity contribution is -0.143. The van der Waals surface area contributed by atoms with Crippen LogP contribution in [0.4, 0.5) is 30.7 Å². The Kier molecular flexibility index (Phi) is 7.38. The highest BCUT2D eigenvalue weighted by Crippen LogP contribution is 2.36. The van der Waals surface area contributed by atoms with Crippen LogP contribution in [0.1, 0.15) is 46.1 Å². The molecule has 34 heavy (non-hydrogen) atoms. The summed E-state index contributed by atoms with van der Waals surface area (Å²) in [5, 5.41) is 0. The molecular weight excluding hydrogens is 465 g/mol. The minimum atomic E-state index is -5.05. The first kappa shape index (κ1) is 25.3. The smallest absolute Gasteiger partial charge is 0.345 e. The largest absolute Gasteiger partial charge is 0.416 e. The minimum absolute atomic E-state index is 0.00884. The number of carbonyl (C=O) groups is 1. The van der Waals surface area contributed by atoms with E-state index >= 15 is 0 Å². The highest BCUT2D eigenvalue weighted by molar-refractivity contribution is 5.94. The molecule has 2 aromatic carbocycles. The molecule has 0 radical (unpaired) electrons. The highest BCUT2D eigenvalue weighted by Gasteiger charge is 2.38. The van der Waals surface area contributed by atoms with Crippen LogP contribution in [0, 0.1) is 5.82 Å². The van der Waals surface area contributed by atoms with Crippen LogP contribution >= 0.6 is 0 Å². The Bertz CT molecular complexity index is 1120. The van der Waals surface area contributed by atoms with Gasteiger partial charge in [0.05, 0.1) is 17.7 Å². The van der Waals surface area contributed by atoms with Gasteiger partial charge in [-0.15, -0.1) is 0 Å². The average molecular weight is 486 g/mol. The van der Waals surface area contributed by atoms with Crippen molar-refractivity contribution in [3.05, 3.63) is 94.6 Å². The maximum Gasteiger partial charge on any atom is 0.416 e. The van der Waals surface area contributed by atoms with Gasteiger partial charge in [-0.1, -0.05) is 19.1 Å². The Balaban J connectivity index is 1.92. The zero-order valence-corrected chi connectivity index (χ0v) is 18.1. The third kappa shape index (κ3) is 6.18. The highest BCUT2D eigenvalue weighted by atomic mass is 19.4. The van der Waals surface area contributed by atoms with E-state index < -0.39 is 40.8 Å². The van der Waals surface area contributed by atoms with Crippen molar-refractivity contribution in [3.8, 4) is 0 Å². The monoisotopic (exact) mass is 486 g/mol. The van der Waals surface area contributed by atoms with Gasteiger partial charge in [-0.2, -0.15) is 26.3 Å². The summed E-state index contributed by atoms with van der Waals surface area (Å²) in [7, 11) is 0. The first-order chi connectivity index (χ1) is 15.9. The van der Waals surface area contributed by atoms with Crippen LogP contribution in [-0.2, 0) is 25.4 Å². The number of halogens is 7. The van der Waals surface area contributed by atoms with Crippen molar-refractivity contribution in [1.82, 2.24) is 9.47 Å². The van der Waals surface area contributed by atoms with Crippen LogP contribution in [0.3, 0.4) is 0 Å². The van der Waals surface area contributed by atoms with E-state index in [4.69, 9.17) is 0 Å². The van der Waals surface area contributed by atoms with Crippen LogP contribution in [0.2, 0.25) is 0 Å². The number of amides is 1. The van der Waals surface area contributed by atoms with Gasteiger partial charge in [0, 0.05) is 30.5 Å². The van der Waals surface area contributed by atoms with E-state index in [1.54, 1.807) is 42.0 Å². The van der Waals surface area contributed by atoms with Gasteiger partial charge in [0.1, 0.15) is 5.82 Å². The number of nitrogens with zero attached hydrogens (tertiary/aromatic N) is 2. The predicted octanol–water partition coefficient (Wildman–Crippen LogP) is 6.77. The summed E-state index contributed by atoms with van der Waals surface area (Å²) < 4.78 is 94.6. The van der Waals surface area contributed by atoms with Crippen LogP contribution in [0.15, 0.2) is 60.8 Å². The molecule has 3 nitrogen and oxygen atoms in total. The Labute approximate surface area is 191 Å². The third-order valence-corrected chi connectivity index (χ3v) is 5.13. The molecule has 0 bridgehead atoms. The lowest BCUT2D eigenvalue weighted by Gasteiger charge is -2.24. The number of benzene rings is 2. The van der Waals surface area contributed by atoms with Crippen molar-refractivity contribution in [2.24, 2.45) is 0 Å². The van der Waals surface area contributed by atoms with Gasteiger partial charge in [-0.25, -0.2) is 4.39 Å². The molecule has 0 unspecified atom stereocenters. The molecule has 3 aromatic rings. The summed E-state index contributed by atoms with van der Waals surface area (Å²) in [4.78, 5) is 14.3. The van der Waals surface area contributed by atoms with Crippen LogP contribution in [0.5, 0.6) is 0 Å². The lowest BCUT2D eigenvalue weighted by Crippen LogP contribution is -2.32. The number of carbonyl (C=O) groups excluding carboxylic acids is 1. The molecule has 0 aliphatic heterocycles. The number of aromatic nitrogens is 1. The molecule has 1 amide bonds. The molecule has 0 spiro atoms. The normalized spacial score (nSPS) is 12.1. The first-order valence-electron chi connectivity index (χ1n) is 10.4. The third-order valence-electron chi connectivity index (χ3n) is 5.13. The van der Waals surface area contributed by atoms with Crippen LogP contribution in [0.25, 0.3) is 0 Å². The number of hydrogen-bond acceptors (Lipinski definition) is 1. The Morgan fingerprint density at radius 2 is 1.56 bits per heavy atom. The van der Waals surface area contributed by atoms with Gasteiger partial charge >= 0.3 is 12.4 Å². The standard InChI is InChI=1S/C24H21F7N2O/c1-2-8-33(15-21-7-4-9-32(21)14-16-5-3-6-20(25)10-16)22(34)17-11-18(23(26,27)28)13-19(12-17)24(29,30)31/h3-7,9-13H,2,8,14-15H2,1H3. The molecule has 1 heterocycles. The van der Waals surface area contributed by atoms with E-state index in [1.807, 2.05) is 0 Å². The maximum absolute atomic E-state index is 13.5. The lowest BCUT2D eigenvalue weighted by atomic mass is 10.0. The van der Waals surface area contributed by atoms with Crippen LogP contribution in [-0.4, -0.2) is 21.9 Å². The van der Waals surface area contributed by atoms with Gasteiger partial charge in [-0.05, 0) is 54.4 Å². The average Bonchev–Trinajstić information content (AvgIpc) is 3.18. The molecule has 0 N–H and O–H groups in total. The molecule has 0 atom stereocenters. The Hall–Kier alpha value is -3.30. The summed E-state index contributed by atoms with van der Waals surface area (Å²) in [6.07, 6.45) is -7.97. The molecule has 182 valence electrons. The van der Waals surface area contributed by atoms with E-state index in [0.717, 1.165) is 0 Å². The summed E-state index contributed by atoms with van der Waals surface area (Å²) in [6.45, 7) is 2.07. The van der Waals surface area contributed by atoms with Crippen molar-refractivity contribution in [2.75, 3.05) is 6.54 Å². The van der Waals surface area contributed by atoms with E-state index in [2.05, 4.69) is 0 Å². The zero-order valence-electron chi connectivity index (χ0n) is 18.1. The van der Waals surface area contributed by atoms with E-state index in [0.29, 0.717) is 29.8 Å². The maximum atomic E-state index is 13.5. The van der Waals surface area contributed by atoms with Gasteiger partial charge in [-0.3, -0.25) is 4.79 Å². The van der Waals surface area contributed by atoms with Crippen molar-refractivity contribution >= 4 is 5.91 Å². The van der Waals surface area contributed by atoms with Gasteiger partial charge in [0.15, 0.2) is 0 Å². The second-order valence-corrected chi connectivity index (χ2v) is 7.78. The summed E-state index contributed by atoms with van der Waals surface area (Å²) in [6, 6.07) is 10.1. The first-order valence-corrected chi connectivity index (χ1v) is 10.4. The fraction of sp³-hybridized carbons (Fsp3) is 0.292. The number of alkyl halides is 6. The summed E-state index contributed by atoms with van der Waals surface area (Å²) >= 11 is 0. The van der Waals surface area contributed by atoms with Gasteiger partial charge in [0.25, 0.3) is 5.91 Å². The quantitative estimate of drug-likeness (QED) is 0.339. The summed E-state index contributed by atoms with van der Waals surface area (Å²) in [5.74, 6) is -1.36. The number of hydrogen-bond donors (Lipinski definition) is 0. The molecule has 0 aliphatic rings. The van der Waals surface area contributed by atoms with E-state index in [-0.39, 0.29) is 25.7 Å². The molecule has 3 rings (SSSR count). The molecule has 10 heteroatoms. The molecule has 0 saturated heterocycles. The van der Waals surface area contributed by atoms with Crippen molar-refractivity contribution < 1.29 is 35.5 Å². The fourth-order valence-corrected chi connectivity index (χ4v) is 3.56. The second-order valence-electron chi connectivity index (χ2n) is 7.78. The van der Waals surface area contributed by atoms with Gasteiger partial charge in [0.2, 0.25) is 0 Å². The van der Waals surface area contributed by atoms with E-state index in [9.17, 15) is 35.5 Å². The fourth-order valence-electron chi connectivity index (χ4n) is 3.56. The molecular formula is C24H21F7N2O. The molecule has 1 aromatic heterocycles. The van der Waals surface area contributed by atoms with Crippen LogP contribution < -0.4 is 0 Å². The minimum Gasteiger partial charge on any atom is -0.345 e. The zero-order chi connectivity index (χ0) is 25.1. The molecule has 0 aliphatic carbocycles. The number of rotatable bonds is 7. The van der Waals surface area contributed by atoms with E-state index in [1.165, 1.54) is 17.0 Å². The molecule has 0 saturated carbocycles. The predicted molar refractivity (Wildman–Crippen MR) is 111 cm³/mol. The SMILES string of the molecule is CCCN(Cc1cccn1Cc1cccc(F)c1)C(=O)c1cc(C(F)(F)F)cc(C(F)(F)F)c1. The molecule has 0 fully saturated rings. The second kappa shape index (κ2) is 9.90. The van der Waals surface area contributed by atoms with Crippen molar-refractivity contribution in [1.29, 1.82) is 0 Å². The van der Waals surface area contributed by atoms with Crippen molar-refractivity contribution in [2.45, 2.75) is 38.8 Å². The summed E-state index contributed by atoms with van der Waals surface area (Å²) in [5.41, 5.74) is -2.54. The Morgan fingerprint density at radius 3 is 2.12 bits per heavy atom. The van der Waals surface area contributed by atoms with Crippen molar-refractivity contribution in [3.63, 3.8) is 0 Å².